The quantitative estimate of drug-likeness (QED) is 0.791. The van der Waals surface area contributed by atoms with Gasteiger partial charge in [0.1, 0.15) is 0 Å². The summed E-state index contributed by atoms with van der Waals surface area (Å²) in [5.74, 6) is 2.46. The van der Waals surface area contributed by atoms with Crippen LogP contribution in [0, 0.1) is 17.8 Å². The molecule has 2 aliphatic heterocycles. The minimum atomic E-state index is 0.145. The second-order valence-corrected chi connectivity index (χ2v) is 7.19. The Balaban J connectivity index is 1.68. The minimum absolute atomic E-state index is 0.145. The van der Waals surface area contributed by atoms with E-state index in [9.17, 15) is 0 Å². The smallest absolute Gasteiger partial charge is 0.0729 e. The van der Waals surface area contributed by atoms with Gasteiger partial charge in [-0.05, 0) is 62.8 Å². The van der Waals surface area contributed by atoms with Crippen LogP contribution in [0.3, 0.4) is 0 Å². The van der Waals surface area contributed by atoms with Crippen LogP contribution in [0.2, 0.25) is 0 Å². The van der Waals surface area contributed by atoms with Crippen molar-refractivity contribution in [3.05, 3.63) is 0 Å². The van der Waals surface area contributed by atoms with Crippen LogP contribution in [-0.2, 0) is 9.47 Å². The van der Waals surface area contributed by atoms with Crippen LogP contribution >= 0.6 is 0 Å². The molecule has 116 valence electrons. The Bertz CT molecular complexity index is 296. The molecular formula is C17H31NO2. The molecule has 2 N–H and O–H groups in total. The van der Waals surface area contributed by atoms with Crippen LogP contribution in [0.4, 0.5) is 0 Å². The van der Waals surface area contributed by atoms with E-state index < -0.39 is 0 Å². The van der Waals surface area contributed by atoms with Crippen molar-refractivity contribution in [1.29, 1.82) is 0 Å². The Morgan fingerprint density at radius 1 is 0.950 bits per heavy atom. The molecule has 3 atom stereocenters. The molecule has 2 saturated heterocycles. The fourth-order valence-electron chi connectivity index (χ4n) is 4.85. The molecule has 2 heterocycles. The molecule has 1 spiro atoms. The van der Waals surface area contributed by atoms with Crippen LogP contribution in [0.25, 0.3) is 0 Å². The molecule has 3 rings (SSSR count). The summed E-state index contributed by atoms with van der Waals surface area (Å²) in [6, 6.07) is 0. The second kappa shape index (κ2) is 6.76. The monoisotopic (exact) mass is 281 g/mol. The van der Waals surface area contributed by atoms with E-state index in [4.69, 9.17) is 15.2 Å². The Kier molecular flexibility index (Phi) is 5.00. The minimum Gasteiger partial charge on any atom is -0.381 e. The molecule has 3 heteroatoms. The molecular weight excluding hydrogens is 250 g/mol. The maximum absolute atomic E-state index is 6.22. The summed E-state index contributed by atoms with van der Waals surface area (Å²) in [6.07, 6.45) is 11.7. The average molecular weight is 281 g/mol. The lowest BCUT2D eigenvalue weighted by atomic mass is 9.70. The van der Waals surface area contributed by atoms with Gasteiger partial charge in [-0.1, -0.05) is 19.3 Å². The highest BCUT2D eigenvalue weighted by molar-refractivity contribution is 4.92. The Morgan fingerprint density at radius 3 is 2.55 bits per heavy atom. The Labute approximate surface area is 123 Å². The summed E-state index contributed by atoms with van der Waals surface area (Å²) in [7, 11) is 0. The fraction of sp³-hybridized carbons (Fsp3) is 1.00. The Hall–Kier alpha value is -0.120. The van der Waals surface area contributed by atoms with E-state index in [0.29, 0.717) is 0 Å². The summed E-state index contributed by atoms with van der Waals surface area (Å²) in [6.45, 7) is 3.62. The standard InChI is InChI=1S/C17H31NO2/c18-13-15-4-2-1-3-5-16(15)14-6-9-20-17(12-14)7-10-19-11-8-17/h14-16H,1-13,18H2. The van der Waals surface area contributed by atoms with Crippen molar-refractivity contribution in [2.75, 3.05) is 26.4 Å². The van der Waals surface area contributed by atoms with Crippen LogP contribution in [-0.4, -0.2) is 32.0 Å². The normalized spacial score (nSPS) is 38.5. The van der Waals surface area contributed by atoms with Crippen molar-refractivity contribution in [2.45, 2.75) is 63.4 Å². The van der Waals surface area contributed by atoms with Crippen molar-refractivity contribution in [2.24, 2.45) is 23.5 Å². The molecule has 0 amide bonds. The van der Waals surface area contributed by atoms with Crippen LogP contribution in [0.1, 0.15) is 57.8 Å². The van der Waals surface area contributed by atoms with Gasteiger partial charge in [0.05, 0.1) is 5.60 Å². The largest absolute Gasteiger partial charge is 0.381 e. The molecule has 3 unspecified atom stereocenters. The molecule has 0 aromatic rings. The van der Waals surface area contributed by atoms with Crippen LogP contribution < -0.4 is 5.73 Å². The summed E-state index contributed by atoms with van der Waals surface area (Å²) in [4.78, 5) is 0. The van der Waals surface area contributed by atoms with Gasteiger partial charge in [-0.15, -0.1) is 0 Å². The van der Waals surface area contributed by atoms with E-state index in [1.54, 1.807) is 0 Å². The lowest BCUT2D eigenvalue weighted by Crippen LogP contribution is -2.46. The highest BCUT2D eigenvalue weighted by atomic mass is 16.5. The van der Waals surface area contributed by atoms with E-state index in [1.165, 1.54) is 44.9 Å². The number of hydrogen-bond acceptors (Lipinski definition) is 3. The zero-order valence-corrected chi connectivity index (χ0v) is 12.8. The maximum Gasteiger partial charge on any atom is 0.0729 e. The highest BCUT2D eigenvalue weighted by Gasteiger charge is 2.42. The highest BCUT2D eigenvalue weighted by Crippen LogP contribution is 2.44. The molecule has 0 aromatic heterocycles. The molecule has 3 aliphatic rings. The predicted octanol–water partition coefficient (Wildman–Crippen LogP) is 3.12. The van der Waals surface area contributed by atoms with Crippen LogP contribution in [0.5, 0.6) is 0 Å². The molecule has 0 radical (unpaired) electrons. The van der Waals surface area contributed by atoms with Gasteiger partial charge in [-0.2, -0.15) is 0 Å². The van der Waals surface area contributed by atoms with E-state index in [0.717, 1.165) is 57.0 Å². The fourth-order valence-corrected chi connectivity index (χ4v) is 4.85. The molecule has 3 nitrogen and oxygen atoms in total. The van der Waals surface area contributed by atoms with Gasteiger partial charge in [0.25, 0.3) is 0 Å². The zero-order valence-electron chi connectivity index (χ0n) is 12.8. The third-order valence-corrected chi connectivity index (χ3v) is 6.06. The Morgan fingerprint density at radius 2 is 1.75 bits per heavy atom. The van der Waals surface area contributed by atoms with Crippen LogP contribution in [0.15, 0.2) is 0 Å². The molecule has 20 heavy (non-hydrogen) atoms. The van der Waals surface area contributed by atoms with E-state index in [2.05, 4.69) is 0 Å². The first-order chi connectivity index (χ1) is 9.83. The second-order valence-electron chi connectivity index (χ2n) is 7.19. The molecule has 1 aliphatic carbocycles. The first-order valence-electron chi connectivity index (χ1n) is 8.75. The molecule has 3 fully saturated rings. The number of nitrogens with two attached hydrogens (primary N) is 1. The van der Waals surface area contributed by atoms with E-state index in [1.807, 2.05) is 0 Å². The molecule has 0 aromatic carbocycles. The van der Waals surface area contributed by atoms with Gasteiger partial charge < -0.3 is 15.2 Å². The molecule has 0 bridgehead atoms. The van der Waals surface area contributed by atoms with Gasteiger partial charge in [0.15, 0.2) is 0 Å². The van der Waals surface area contributed by atoms with Gasteiger partial charge >= 0.3 is 0 Å². The lowest BCUT2D eigenvalue weighted by molar-refractivity contribution is -0.155. The predicted molar refractivity (Wildman–Crippen MR) is 80.6 cm³/mol. The topological polar surface area (TPSA) is 44.5 Å². The van der Waals surface area contributed by atoms with Crippen molar-refractivity contribution >= 4 is 0 Å². The van der Waals surface area contributed by atoms with Gasteiger partial charge in [-0.3, -0.25) is 0 Å². The molecule has 1 saturated carbocycles. The third-order valence-electron chi connectivity index (χ3n) is 6.06. The number of hydrogen-bond donors (Lipinski definition) is 1. The van der Waals surface area contributed by atoms with E-state index in [-0.39, 0.29) is 5.60 Å². The van der Waals surface area contributed by atoms with Gasteiger partial charge in [-0.25, -0.2) is 0 Å². The summed E-state index contributed by atoms with van der Waals surface area (Å²) in [5, 5.41) is 0. The zero-order chi connectivity index (χ0) is 13.8. The van der Waals surface area contributed by atoms with E-state index >= 15 is 0 Å². The average Bonchev–Trinajstić information content (AvgIpc) is 2.73. The van der Waals surface area contributed by atoms with Crippen molar-refractivity contribution in [1.82, 2.24) is 0 Å². The first kappa shape index (κ1) is 14.8. The summed E-state index contributed by atoms with van der Waals surface area (Å²) >= 11 is 0. The van der Waals surface area contributed by atoms with Crippen molar-refractivity contribution < 1.29 is 9.47 Å². The van der Waals surface area contributed by atoms with Crippen molar-refractivity contribution in [3.63, 3.8) is 0 Å². The third kappa shape index (κ3) is 3.20. The van der Waals surface area contributed by atoms with Gasteiger partial charge in [0.2, 0.25) is 0 Å². The number of rotatable bonds is 2. The summed E-state index contributed by atoms with van der Waals surface area (Å²) in [5.41, 5.74) is 6.23. The van der Waals surface area contributed by atoms with Gasteiger partial charge in [0, 0.05) is 19.8 Å². The first-order valence-corrected chi connectivity index (χ1v) is 8.75. The maximum atomic E-state index is 6.22. The van der Waals surface area contributed by atoms with Crippen molar-refractivity contribution in [3.8, 4) is 0 Å². The SMILES string of the molecule is NCC1CCCCCC1C1CCOC2(CCOCC2)C1. The number of ether oxygens (including phenoxy) is 2. The summed E-state index contributed by atoms with van der Waals surface area (Å²) < 4.78 is 11.8. The lowest BCUT2D eigenvalue weighted by Gasteiger charge is -2.46.